The van der Waals surface area contributed by atoms with Crippen LogP contribution >= 0.6 is 0 Å². The van der Waals surface area contributed by atoms with Crippen molar-refractivity contribution in [3.63, 3.8) is 0 Å². The number of nitrogens with zero attached hydrogens (tertiary/aromatic N) is 3. The zero-order valence-corrected chi connectivity index (χ0v) is 16.9. The first-order valence-electron chi connectivity index (χ1n) is 10.6. The maximum atomic E-state index is 12.7. The van der Waals surface area contributed by atoms with E-state index in [0.717, 1.165) is 29.7 Å². The van der Waals surface area contributed by atoms with E-state index in [2.05, 4.69) is 29.1 Å². The second-order valence-corrected chi connectivity index (χ2v) is 9.21. The third-order valence-corrected chi connectivity index (χ3v) is 6.13. The monoisotopic (exact) mass is 378 g/mol. The van der Waals surface area contributed by atoms with Crippen LogP contribution in [0.25, 0.3) is 11.4 Å². The van der Waals surface area contributed by atoms with Crippen molar-refractivity contribution in [3.05, 3.63) is 42.0 Å². The molecule has 0 bridgehead atoms. The molecule has 1 atom stereocenters. The van der Waals surface area contributed by atoms with Gasteiger partial charge in [-0.15, -0.1) is 0 Å². The number of aromatic nitrogens is 3. The molecular formula is C23H30N4O. The summed E-state index contributed by atoms with van der Waals surface area (Å²) in [6, 6.07) is 3.88. The first-order valence-corrected chi connectivity index (χ1v) is 10.6. The van der Waals surface area contributed by atoms with Gasteiger partial charge < -0.3 is 5.32 Å². The molecule has 1 fully saturated rings. The summed E-state index contributed by atoms with van der Waals surface area (Å²) in [5.41, 5.74) is 3.14. The number of carbonyl (C=O) groups excluding carboxylic acids is 1. The highest BCUT2D eigenvalue weighted by Gasteiger charge is 2.34. The van der Waals surface area contributed by atoms with Gasteiger partial charge in [0.15, 0.2) is 5.82 Å². The third kappa shape index (κ3) is 4.40. The van der Waals surface area contributed by atoms with Crippen LogP contribution in [0.5, 0.6) is 0 Å². The summed E-state index contributed by atoms with van der Waals surface area (Å²) in [6.07, 6.45) is 14.2. The number of rotatable bonds is 4. The second-order valence-electron chi connectivity index (χ2n) is 9.21. The lowest BCUT2D eigenvalue weighted by molar-refractivity contribution is -0.123. The fraction of sp³-hybridized carbons (Fsp3) is 0.565. The molecule has 0 unspecified atom stereocenters. The maximum Gasteiger partial charge on any atom is 0.220 e. The summed E-state index contributed by atoms with van der Waals surface area (Å²) in [5, 5.41) is 3.31. The van der Waals surface area contributed by atoms with Gasteiger partial charge in [-0.2, -0.15) is 0 Å². The minimum absolute atomic E-state index is 0.00205. The van der Waals surface area contributed by atoms with Gasteiger partial charge in [-0.1, -0.05) is 33.1 Å². The first kappa shape index (κ1) is 19.0. The van der Waals surface area contributed by atoms with E-state index >= 15 is 0 Å². The Morgan fingerprint density at radius 2 is 2.04 bits per heavy atom. The molecule has 4 rings (SSSR count). The van der Waals surface area contributed by atoms with Crippen LogP contribution in [0.15, 0.2) is 30.7 Å². The fourth-order valence-electron chi connectivity index (χ4n) is 4.72. The van der Waals surface area contributed by atoms with Gasteiger partial charge in [-0.25, -0.2) is 9.97 Å². The fourth-order valence-corrected chi connectivity index (χ4v) is 4.72. The molecule has 1 saturated carbocycles. The predicted octanol–water partition coefficient (Wildman–Crippen LogP) is 4.64. The molecule has 1 amide bonds. The highest BCUT2D eigenvalue weighted by Crippen LogP contribution is 2.40. The lowest BCUT2D eigenvalue weighted by atomic mass is 9.74. The van der Waals surface area contributed by atoms with Gasteiger partial charge in [0.25, 0.3) is 0 Å². The van der Waals surface area contributed by atoms with E-state index in [1.165, 1.54) is 32.1 Å². The van der Waals surface area contributed by atoms with Gasteiger partial charge >= 0.3 is 0 Å². The molecule has 2 heterocycles. The van der Waals surface area contributed by atoms with E-state index in [1.807, 2.05) is 18.3 Å². The molecule has 0 aromatic carbocycles. The summed E-state index contributed by atoms with van der Waals surface area (Å²) in [5.74, 6) is 1.43. The van der Waals surface area contributed by atoms with Gasteiger partial charge in [0, 0.05) is 36.1 Å². The van der Waals surface area contributed by atoms with Crippen LogP contribution in [0, 0.1) is 11.3 Å². The molecule has 148 valence electrons. The Bertz CT molecular complexity index is 828. The Balaban J connectivity index is 1.53. The topological polar surface area (TPSA) is 67.8 Å². The number of nitrogens with one attached hydrogen (secondary N) is 1. The number of amides is 1. The van der Waals surface area contributed by atoms with E-state index in [0.29, 0.717) is 18.2 Å². The van der Waals surface area contributed by atoms with Gasteiger partial charge in [0.1, 0.15) is 0 Å². The molecule has 0 aliphatic heterocycles. The number of hydrogen-bond acceptors (Lipinski definition) is 4. The SMILES string of the molecule is CC1(C)Cc2nc(-c3cccnc3)ncc2[C@H](NC(=O)CC2CCCCC2)C1. The number of hydrogen-bond donors (Lipinski definition) is 1. The number of pyridine rings is 1. The minimum atomic E-state index is -0.00205. The van der Waals surface area contributed by atoms with Crippen LogP contribution in [-0.4, -0.2) is 20.9 Å². The molecule has 5 heteroatoms. The van der Waals surface area contributed by atoms with E-state index in [1.54, 1.807) is 12.4 Å². The molecule has 2 aliphatic carbocycles. The normalized spacial score (nSPS) is 21.7. The Morgan fingerprint density at radius 1 is 1.21 bits per heavy atom. The Kier molecular flexibility index (Phi) is 5.42. The molecule has 0 radical (unpaired) electrons. The van der Waals surface area contributed by atoms with E-state index in [9.17, 15) is 4.79 Å². The lowest BCUT2D eigenvalue weighted by Crippen LogP contribution is -2.38. The molecule has 2 aliphatic rings. The van der Waals surface area contributed by atoms with Crippen molar-refractivity contribution in [1.82, 2.24) is 20.3 Å². The van der Waals surface area contributed by atoms with Gasteiger partial charge in [-0.05, 0) is 49.1 Å². The minimum Gasteiger partial charge on any atom is -0.349 e. The van der Waals surface area contributed by atoms with Gasteiger partial charge in [-0.3, -0.25) is 9.78 Å². The zero-order valence-electron chi connectivity index (χ0n) is 16.9. The summed E-state index contributed by atoms with van der Waals surface area (Å²) < 4.78 is 0. The average Bonchev–Trinajstić information content (AvgIpc) is 2.68. The second kappa shape index (κ2) is 7.98. The van der Waals surface area contributed by atoms with Crippen molar-refractivity contribution in [2.75, 3.05) is 0 Å². The summed E-state index contributed by atoms with van der Waals surface area (Å²) in [7, 11) is 0. The Hall–Kier alpha value is -2.30. The van der Waals surface area contributed by atoms with Crippen LogP contribution < -0.4 is 5.32 Å². The van der Waals surface area contributed by atoms with Crippen molar-refractivity contribution in [2.45, 2.75) is 71.3 Å². The van der Waals surface area contributed by atoms with Gasteiger partial charge in [0.2, 0.25) is 5.91 Å². The van der Waals surface area contributed by atoms with Crippen molar-refractivity contribution in [3.8, 4) is 11.4 Å². The van der Waals surface area contributed by atoms with Crippen molar-refractivity contribution < 1.29 is 4.79 Å². The molecular weight excluding hydrogens is 348 g/mol. The quantitative estimate of drug-likeness (QED) is 0.842. The molecule has 1 N–H and O–H groups in total. The molecule has 0 saturated heterocycles. The highest BCUT2D eigenvalue weighted by molar-refractivity contribution is 5.76. The highest BCUT2D eigenvalue weighted by atomic mass is 16.1. The maximum absolute atomic E-state index is 12.7. The smallest absolute Gasteiger partial charge is 0.220 e. The van der Waals surface area contributed by atoms with Crippen LogP contribution in [-0.2, 0) is 11.2 Å². The van der Waals surface area contributed by atoms with E-state index in [-0.39, 0.29) is 17.4 Å². The summed E-state index contributed by atoms with van der Waals surface area (Å²) in [6.45, 7) is 4.50. The van der Waals surface area contributed by atoms with Crippen molar-refractivity contribution in [2.24, 2.45) is 11.3 Å². The van der Waals surface area contributed by atoms with E-state index < -0.39 is 0 Å². The molecule has 0 spiro atoms. The van der Waals surface area contributed by atoms with Crippen LogP contribution in [0.2, 0.25) is 0 Å². The Labute approximate surface area is 167 Å². The molecule has 5 nitrogen and oxygen atoms in total. The standard InChI is InChI=1S/C23H30N4O/c1-23(2)12-19(26-21(28)11-16-7-4-3-5-8-16)18-15-25-22(27-20(18)13-23)17-9-6-10-24-14-17/h6,9-10,14-16,19H,3-5,7-8,11-13H2,1-2H3,(H,26,28)/t19-/m1/s1. The van der Waals surface area contributed by atoms with Crippen LogP contribution in [0.1, 0.15) is 76.1 Å². The summed E-state index contributed by atoms with van der Waals surface area (Å²) in [4.78, 5) is 26.3. The number of carbonyl (C=O) groups is 1. The lowest BCUT2D eigenvalue weighted by Gasteiger charge is -2.36. The Morgan fingerprint density at radius 3 is 2.79 bits per heavy atom. The van der Waals surface area contributed by atoms with Gasteiger partial charge in [0.05, 0.1) is 11.7 Å². The third-order valence-electron chi connectivity index (χ3n) is 6.13. The molecule has 2 aromatic rings. The van der Waals surface area contributed by atoms with E-state index in [4.69, 9.17) is 4.98 Å². The zero-order chi connectivity index (χ0) is 19.6. The van der Waals surface area contributed by atoms with Crippen LogP contribution in [0.4, 0.5) is 0 Å². The van der Waals surface area contributed by atoms with Crippen molar-refractivity contribution >= 4 is 5.91 Å². The van der Waals surface area contributed by atoms with Crippen molar-refractivity contribution in [1.29, 1.82) is 0 Å². The number of fused-ring (bicyclic) bond motifs is 1. The predicted molar refractivity (Wildman–Crippen MR) is 109 cm³/mol. The molecule has 28 heavy (non-hydrogen) atoms. The average molecular weight is 379 g/mol. The largest absolute Gasteiger partial charge is 0.349 e. The van der Waals surface area contributed by atoms with Crippen LogP contribution in [0.3, 0.4) is 0 Å². The molecule has 2 aromatic heterocycles. The first-order chi connectivity index (χ1) is 13.5. The summed E-state index contributed by atoms with van der Waals surface area (Å²) >= 11 is 0.